The van der Waals surface area contributed by atoms with Crippen LogP contribution in [0.15, 0.2) is 18.3 Å². The molecule has 0 atom stereocenters. The van der Waals surface area contributed by atoms with Crippen LogP contribution in [0, 0.1) is 0 Å². The Morgan fingerprint density at radius 3 is 2.65 bits per heavy atom. The normalized spacial score (nSPS) is 17.8. The lowest BCUT2D eigenvalue weighted by Gasteiger charge is -2.29. The molecule has 94 valence electrons. The van der Waals surface area contributed by atoms with Gasteiger partial charge < -0.3 is 10.6 Å². The number of hydrogen-bond acceptors (Lipinski definition) is 3. The molecule has 1 aromatic heterocycles. The average Bonchev–Trinajstić information content (AvgIpc) is 2.67. The Bertz CT molecular complexity index is 343. The Balaban J connectivity index is 2.08. The quantitative estimate of drug-likeness (QED) is 0.816. The van der Waals surface area contributed by atoms with E-state index in [9.17, 15) is 0 Å². The van der Waals surface area contributed by atoms with Gasteiger partial charge in [0.2, 0.25) is 0 Å². The number of hydrogen-bond donors (Lipinski definition) is 1. The summed E-state index contributed by atoms with van der Waals surface area (Å²) in [7, 11) is 2.20. The fourth-order valence-electron chi connectivity index (χ4n) is 2.65. The molecule has 0 saturated heterocycles. The molecule has 0 bridgehead atoms. The first-order chi connectivity index (χ1) is 8.31. The third kappa shape index (κ3) is 3.19. The Hall–Kier alpha value is -1.09. The average molecular weight is 233 g/mol. The second-order valence-electron chi connectivity index (χ2n) is 4.97. The van der Waals surface area contributed by atoms with E-state index in [2.05, 4.69) is 29.1 Å². The lowest BCUT2D eigenvalue weighted by molar-refractivity contribution is 0.552. The molecular weight excluding hydrogens is 210 g/mol. The minimum Gasteiger partial charge on any atom is -0.372 e. The standard InChI is InChI=1S/C14H23N3/c1-17(13-6-4-2-3-5-7-13)14-8-9-16-12(10-14)11-15/h8-10,13H,2-7,11,15H2,1H3. The van der Waals surface area contributed by atoms with E-state index >= 15 is 0 Å². The van der Waals surface area contributed by atoms with Crippen molar-refractivity contribution in [3.8, 4) is 0 Å². The zero-order chi connectivity index (χ0) is 12.1. The maximum atomic E-state index is 5.64. The van der Waals surface area contributed by atoms with Gasteiger partial charge in [0.1, 0.15) is 0 Å². The van der Waals surface area contributed by atoms with Crippen molar-refractivity contribution < 1.29 is 0 Å². The Kier molecular flexibility index (Phi) is 4.37. The molecule has 0 radical (unpaired) electrons. The van der Waals surface area contributed by atoms with Gasteiger partial charge in [0, 0.05) is 31.5 Å². The lowest BCUT2D eigenvalue weighted by atomic mass is 10.1. The summed E-state index contributed by atoms with van der Waals surface area (Å²) in [4.78, 5) is 6.66. The number of rotatable bonds is 3. The van der Waals surface area contributed by atoms with Gasteiger partial charge in [-0.3, -0.25) is 4.98 Å². The number of pyridine rings is 1. The Morgan fingerprint density at radius 2 is 2.00 bits per heavy atom. The smallest absolute Gasteiger partial charge is 0.0560 e. The highest BCUT2D eigenvalue weighted by molar-refractivity contribution is 5.46. The highest BCUT2D eigenvalue weighted by atomic mass is 15.1. The van der Waals surface area contributed by atoms with Gasteiger partial charge in [-0.05, 0) is 25.0 Å². The molecule has 1 aromatic rings. The van der Waals surface area contributed by atoms with Gasteiger partial charge in [-0.25, -0.2) is 0 Å². The molecule has 0 aliphatic heterocycles. The van der Waals surface area contributed by atoms with Crippen LogP contribution in [0.3, 0.4) is 0 Å². The third-order valence-electron chi connectivity index (χ3n) is 3.79. The van der Waals surface area contributed by atoms with Crippen LogP contribution in [0.25, 0.3) is 0 Å². The highest BCUT2D eigenvalue weighted by Gasteiger charge is 2.17. The minimum absolute atomic E-state index is 0.520. The molecule has 0 spiro atoms. The second-order valence-corrected chi connectivity index (χ2v) is 4.97. The molecule has 1 fully saturated rings. The molecule has 1 aliphatic carbocycles. The minimum atomic E-state index is 0.520. The predicted octanol–water partition coefficient (Wildman–Crippen LogP) is 2.70. The summed E-state index contributed by atoms with van der Waals surface area (Å²) in [5.41, 5.74) is 7.87. The van der Waals surface area contributed by atoms with Crippen molar-refractivity contribution in [3.63, 3.8) is 0 Å². The van der Waals surface area contributed by atoms with Crippen LogP contribution in [0.5, 0.6) is 0 Å². The molecule has 3 nitrogen and oxygen atoms in total. The Morgan fingerprint density at radius 1 is 1.29 bits per heavy atom. The van der Waals surface area contributed by atoms with Crippen LogP contribution in [0.2, 0.25) is 0 Å². The molecule has 1 heterocycles. The van der Waals surface area contributed by atoms with Crippen LogP contribution in [0.1, 0.15) is 44.2 Å². The van der Waals surface area contributed by atoms with Gasteiger partial charge in [-0.15, -0.1) is 0 Å². The van der Waals surface area contributed by atoms with Crippen molar-refractivity contribution in [3.05, 3.63) is 24.0 Å². The van der Waals surface area contributed by atoms with Crippen molar-refractivity contribution in [2.75, 3.05) is 11.9 Å². The van der Waals surface area contributed by atoms with Crippen LogP contribution < -0.4 is 10.6 Å². The predicted molar refractivity (Wildman–Crippen MR) is 72.0 cm³/mol. The van der Waals surface area contributed by atoms with E-state index < -0.39 is 0 Å². The van der Waals surface area contributed by atoms with Gasteiger partial charge in [0.05, 0.1) is 5.69 Å². The summed E-state index contributed by atoms with van der Waals surface area (Å²) < 4.78 is 0. The molecule has 0 amide bonds. The van der Waals surface area contributed by atoms with Crippen LogP contribution in [-0.2, 0) is 6.54 Å². The summed E-state index contributed by atoms with van der Waals surface area (Å²) in [5.74, 6) is 0. The van der Waals surface area contributed by atoms with E-state index in [0.29, 0.717) is 12.6 Å². The summed E-state index contributed by atoms with van der Waals surface area (Å²) in [6, 6.07) is 4.89. The molecule has 0 unspecified atom stereocenters. The van der Waals surface area contributed by atoms with Crippen molar-refractivity contribution in [2.45, 2.75) is 51.1 Å². The first-order valence-electron chi connectivity index (χ1n) is 6.69. The molecule has 1 saturated carbocycles. The van der Waals surface area contributed by atoms with E-state index in [1.165, 1.54) is 44.2 Å². The van der Waals surface area contributed by atoms with E-state index in [1.54, 1.807) is 0 Å². The van der Waals surface area contributed by atoms with Crippen LogP contribution >= 0.6 is 0 Å². The van der Waals surface area contributed by atoms with E-state index in [4.69, 9.17) is 5.73 Å². The molecule has 1 aliphatic rings. The monoisotopic (exact) mass is 233 g/mol. The largest absolute Gasteiger partial charge is 0.372 e. The molecule has 17 heavy (non-hydrogen) atoms. The first kappa shape index (κ1) is 12.4. The molecular formula is C14H23N3. The zero-order valence-electron chi connectivity index (χ0n) is 10.7. The summed E-state index contributed by atoms with van der Waals surface area (Å²) in [6.45, 7) is 0.520. The van der Waals surface area contributed by atoms with Gasteiger partial charge in [0.15, 0.2) is 0 Å². The summed E-state index contributed by atoms with van der Waals surface area (Å²) in [5, 5.41) is 0. The van der Waals surface area contributed by atoms with E-state index in [-0.39, 0.29) is 0 Å². The molecule has 2 rings (SSSR count). The second kappa shape index (κ2) is 6.01. The van der Waals surface area contributed by atoms with Gasteiger partial charge in [-0.2, -0.15) is 0 Å². The summed E-state index contributed by atoms with van der Waals surface area (Å²) in [6.07, 6.45) is 10.0. The molecule has 2 N–H and O–H groups in total. The number of aromatic nitrogens is 1. The zero-order valence-corrected chi connectivity index (χ0v) is 10.7. The fourth-order valence-corrected chi connectivity index (χ4v) is 2.65. The van der Waals surface area contributed by atoms with Crippen molar-refractivity contribution in [1.82, 2.24) is 4.98 Å². The topological polar surface area (TPSA) is 42.2 Å². The fraction of sp³-hybridized carbons (Fsp3) is 0.643. The van der Waals surface area contributed by atoms with Crippen molar-refractivity contribution >= 4 is 5.69 Å². The van der Waals surface area contributed by atoms with Crippen molar-refractivity contribution in [1.29, 1.82) is 0 Å². The molecule has 3 heteroatoms. The van der Waals surface area contributed by atoms with Crippen LogP contribution in [0.4, 0.5) is 5.69 Å². The Labute approximate surface area is 104 Å². The number of nitrogens with two attached hydrogens (primary N) is 1. The molecule has 0 aromatic carbocycles. The van der Waals surface area contributed by atoms with Crippen LogP contribution in [-0.4, -0.2) is 18.1 Å². The summed E-state index contributed by atoms with van der Waals surface area (Å²) >= 11 is 0. The van der Waals surface area contributed by atoms with Gasteiger partial charge in [-0.1, -0.05) is 25.7 Å². The van der Waals surface area contributed by atoms with Gasteiger partial charge in [0.25, 0.3) is 0 Å². The maximum Gasteiger partial charge on any atom is 0.0560 e. The lowest BCUT2D eigenvalue weighted by Crippen LogP contribution is -2.31. The first-order valence-corrected chi connectivity index (χ1v) is 6.69. The number of anilines is 1. The van der Waals surface area contributed by atoms with Crippen molar-refractivity contribution in [2.24, 2.45) is 5.73 Å². The third-order valence-corrected chi connectivity index (χ3v) is 3.79. The SMILES string of the molecule is CN(c1ccnc(CN)c1)C1CCCCCC1. The van der Waals surface area contributed by atoms with E-state index in [0.717, 1.165) is 5.69 Å². The van der Waals surface area contributed by atoms with Gasteiger partial charge >= 0.3 is 0 Å². The highest BCUT2D eigenvalue weighted by Crippen LogP contribution is 2.25. The van der Waals surface area contributed by atoms with E-state index in [1.807, 2.05) is 6.20 Å². The number of nitrogens with zero attached hydrogens (tertiary/aromatic N) is 2. The maximum absolute atomic E-state index is 5.64.